The van der Waals surface area contributed by atoms with E-state index >= 15 is 0 Å². The van der Waals surface area contributed by atoms with Crippen LogP contribution in [0, 0.1) is 0 Å². The Morgan fingerprint density at radius 2 is 2.08 bits per heavy atom. The summed E-state index contributed by atoms with van der Waals surface area (Å²) in [6.45, 7) is 0. The van der Waals surface area contributed by atoms with Gasteiger partial charge in [-0.2, -0.15) is 5.10 Å². The van der Waals surface area contributed by atoms with E-state index in [2.05, 4.69) is 25.9 Å². The topological polar surface area (TPSA) is 89.7 Å². The van der Waals surface area contributed by atoms with Crippen molar-refractivity contribution in [3.8, 4) is 11.4 Å². The Kier molecular flexibility index (Phi) is 5.89. The van der Waals surface area contributed by atoms with Crippen molar-refractivity contribution in [2.75, 3.05) is 12.4 Å². The van der Waals surface area contributed by atoms with Crippen molar-refractivity contribution in [2.24, 2.45) is 14.1 Å². The van der Waals surface area contributed by atoms with Crippen molar-refractivity contribution < 1.29 is 4.79 Å². The lowest BCUT2D eigenvalue weighted by Crippen LogP contribution is -2.30. The van der Waals surface area contributed by atoms with Gasteiger partial charge in [-0.1, -0.05) is 12.1 Å². The Balaban J connectivity index is 0.00000225. The summed E-state index contributed by atoms with van der Waals surface area (Å²) in [6, 6.07) is 7.04. The van der Waals surface area contributed by atoms with Crippen LogP contribution in [0.4, 0.5) is 5.69 Å². The fourth-order valence-electron chi connectivity index (χ4n) is 2.53. The summed E-state index contributed by atoms with van der Waals surface area (Å²) in [6.07, 6.45) is 5.13. The van der Waals surface area contributed by atoms with Crippen molar-refractivity contribution in [1.82, 2.24) is 29.9 Å². The van der Waals surface area contributed by atoms with Gasteiger partial charge < -0.3 is 15.2 Å². The van der Waals surface area contributed by atoms with Crippen LogP contribution in [0.25, 0.3) is 11.4 Å². The molecule has 0 radical (unpaired) electrons. The Bertz CT molecular complexity index is 858. The average Bonchev–Trinajstić information content (AvgIpc) is 3.17. The molecule has 25 heavy (non-hydrogen) atoms. The minimum atomic E-state index is -0.475. The van der Waals surface area contributed by atoms with Crippen LogP contribution in [-0.2, 0) is 18.9 Å². The highest BCUT2D eigenvalue weighted by atomic mass is 35.5. The smallest absolute Gasteiger partial charge is 0.246 e. The molecule has 2 N–H and O–H groups in total. The number of benzene rings is 1. The first-order chi connectivity index (χ1) is 11.6. The molecular weight excluding hydrogens is 342 g/mol. The quantitative estimate of drug-likeness (QED) is 0.719. The van der Waals surface area contributed by atoms with Crippen molar-refractivity contribution in [2.45, 2.75) is 6.04 Å². The lowest BCUT2D eigenvalue weighted by atomic mass is 10.1. The summed E-state index contributed by atoms with van der Waals surface area (Å²) in [5, 5.41) is 18.0. The third-order valence-corrected chi connectivity index (χ3v) is 3.71. The third kappa shape index (κ3) is 4.04. The van der Waals surface area contributed by atoms with Crippen LogP contribution >= 0.6 is 12.4 Å². The zero-order valence-corrected chi connectivity index (χ0v) is 15.0. The maximum absolute atomic E-state index is 12.6. The molecule has 0 spiro atoms. The van der Waals surface area contributed by atoms with Crippen LogP contribution in [0.1, 0.15) is 11.6 Å². The number of aryl methyl sites for hydroxylation is 2. The number of rotatable bonds is 5. The van der Waals surface area contributed by atoms with Crippen LogP contribution < -0.4 is 10.6 Å². The monoisotopic (exact) mass is 361 g/mol. The van der Waals surface area contributed by atoms with E-state index in [1.54, 1.807) is 24.3 Å². The van der Waals surface area contributed by atoms with Gasteiger partial charge in [0.15, 0.2) is 5.82 Å². The van der Waals surface area contributed by atoms with Crippen LogP contribution in [0.2, 0.25) is 0 Å². The second-order valence-corrected chi connectivity index (χ2v) is 5.50. The van der Waals surface area contributed by atoms with Crippen LogP contribution in [0.5, 0.6) is 0 Å². The van der Waals surface area contributed by atoms with Crippen molar-refractivity contribution in [1.29, 1.82) is 0 Å². The molecule has 0 aliphatic heterocycles. The van der Waals surface area contributed by atoms with E-state index in [1.807, 2.05) is 49.1 Å². The number of carbonyl (C=O) groups excluding carboxylic acids is 1. The first kappa shape index (κ1) is 18.6. The number of aromatic nitrogens is 5. The molecule has 1 atom stereocenters. The van der Waals surface area contributed by atoms with E-state index in [9.17, 15) is 4.79 Å². The van der Waals surface area contributed by atoms with E-state index in [0.29, 0.717) is 5.69 Å². The van der Waals surface area contributed by atoms with Gasteiger partial charge in [0, 0.05) is 37.1 Å². The normalized spacial score (nSPS) is 11.6. The zero-order valence-electron chi connectivity index (χ0n) is 14.2. The van der Waals surface area contributed by atoms with Gasteiger partial charge in [0.2, 0.25) is 5.91 Å². The SMILES string of the molecule is CNC(C(=O)Nc1cccc(-c2nncn2C)c1)c1cnn(C)c1.Cl. The van der Waals surface area contributed by atoms with Gasteiger partial charge in [-0.25, -0.2) is 0 Å². The predicted molar refractivity (Wildman–Crippen MR) is 97.3 cm³/mol. The summed E-state index contributed by atoms with van der Waals surface area (Å²) in [5.41, 5.74) is 2.39. The summed E-state index contributed by atoms with van der Waals surface area (Å²) in [4.78, 5) is 12.6. The Labute approximate surface area is 151 Å². The first-order valence-corrected chi connectivity index (χ1v) is 7.49. The first-order valence-electron chi connectivity index (χ1n) is 7.49. The Hall–Kier alpha value is -2.71. The zero-order chi connectivity index (χ0) is 17.1. The number of hydrogen-bond acceptors (Lipinski definition) is 5. The number of likely N-dealkylation sites (N-methyl/N-ethyl adjacent to an activating group) is 1. The van der Waals surface area contributed by atoms with E-state index < -0.39 is 6.04 Å². The number of nitrogens with zero attached hydrogens (tertiary/aromatic N) is 5. The number of anilines is 1. The second-order valence-electron chi connectivity index (χ2n) is 5.50. The highest BCUT2D eigenvalue weighted by Gasteiger charge is 2.20. The minimum Gasteiger partial charge on any atom is -0.324 e. The number of amides is 1. The molecule has 8 nitrogen and oxygen atoms in total. The molecule has 0 aliphatic rings. The number of hydrogen-bond donors (Lipinski definition) is 2. The van der Waals surface area contributed by atoms with Gasteiger partial charge >= 0.3 is 0 Å². The van der Waals surface area contributed by atoms with Gasteiger partial charge in [-0.15, -0.1) is 22.6 Å². The van der Waals surface area contributed by atoms with Crippen LogP contribution in [0.3, 0.4) is 0 Å². The lowest BCUT2D eigenvalue weighted by molar-refractivity contribution is -0.118. The molecular formula is C16H20ClN7O. The standard InChI is InChI=1S/C16H19N7O.ClH/c1-17-14(12-8-19-23(3)9-12)16(24)20-13-6-4-5-11(7-13)15-21-18-10-22(15)2;/h4-10,14,17H,1-3H3,(H,20,24);1H. The Morgan fingerprint density at radius 1 is 1.28 bits per heavy atom. The molecule has 1 aromatic carbocycles. The highest BCUT2D eigenvalue weighted by molar-refractivity contribution is 5.95. The molecule has 2 heterocycles. The molecule has 2 aromatic heterocycles. The van der Waals surface area contributed by atoms with E-state index in [4.69, 9.17) is 0 Å². The third-order valence-electron chi connectivity index (χ3n) is 3.71. The summed E-state index contributed by atoms with van der Waals surface area (Å²) >= 11 is 0. The fraction of sp³-hybridized carbons (Fsp3) is 0.250. The van der Waals surface area contributed by atoms with Gasteiger partial charge in [-0.05, 0) is 19.2 Å². The van der Waals surface area contributed by atoms with Gasteiger partial charge in [0.1, 0.15) is 12.4 Å². The maximum Gasteiger partial charge on any atom is 0.246 e. The molecule has 0 saturated heterocycles. The van der Waals surface area contributed by atoms with Crippen molar-refractivity contribution in [3.63, 3.8) is 0 Å². The van der Waals surface area contributed by atoms with Gasteiger partial charge in [-0.3, -0.25) is 9.48 Å². The van der Waals surface area contributed by atoms with Gasteiger partial charge in [0.25, 0.3) is 0 Å². The largest absolute Gasteiger partial charge is 0.324 e. The molecule has 0 saturated carbocycles. The molecule has 3 aromatic rings. The van der Waals surface area contributed by atoms with Gasteiger partial charge in [0.05, 0.1) is 6.20 Å². The molecule has 3 rings (SSSR count). The minimum absolute atomic E-state index is 0. The summed E-state index contributed by atoms with van der Waals surface area (Å²) < 4.78 is 3.49. The molecule has 0 aliphatic carbocycles. The van der Waals surface area contributed by atoms with Crippen LogP contribution in [-0.4, -0.2) is 37.5 Å². The fourth-order valence-corrected chi connectivity index (χ4v) is 2.53. The molecule has 1 amide bonds. The molecule has 132 valence electrons. The molecule has 0 bridgehead atoms. The maximum atomic E-state index is 12.6. The van der Waals surface area contributed by atoms with Crippen LogP contribution in [0.15, 0.2) is 43.0 Å². The number of nitrogens with one attached hydrogen (secondary N) is 2. The Morgan fingerprint density at radius 3 is 2.68 bits per heavy atom. The van der Waals surface area contributed by atoms with E-state index in [1.165, 1.54) is 0 Å². The highest BCUT2D eigenvalue weighted by Crippen LogP contribution is 2.21. The van der Waals surface area contributed by atoms with E-state index in [-0.39, 0.29) is 18.3 Å². The number of carbonyl (C=O) groups is 1. The number of halogens is 1. The average molecular weight is 362 g/mol. The summed E-state index contributed by atoms with van der Waals surface area (Å²) in [7, 11) is 5.44. The predicted octanol–water partition coefficient (Wildman–Crippen LogP) is 1.54. The molecule has 1 unspecified atom stereocenters. The lowest BCUT2D eigenvalue weighted by Gasteiger charge is -2.15. The summed E-state index contributed by atoms with van der Waals surface area (Å²) in [5.74, 6) is 0.587. The molecule has 9 heteroatoms. The van der Waals surface area contributed by atoms with Crippen molar-refractivity contribution in [3.05, 3.63) is 48.5 Å². The second kappa shape index (κ2) is 7.91. The van der Waals surface area contributed by atoms with E-state index in [0.717, 1.165) is 17.0 Å². The van der Waals surface area contributed by atoms with Crippen molar-refractivity contribution >= 4 is 24.0 Å². The molecule has 0 fully saturated rings.